The highest BCUT2D eigenvalue weighted by atomic mass is 35.5. The van der Waals surface area contributed by atoms with Crippen LogP contribution in [-0.2, 0) is 4.79 Å². The SMILES string of the molecule is CCOc1ccccc1NC(=O)/C=C/c1cc(Cl)c(OC(C)C)c(OC)c1. The number of amides is 1. The quantitative estimate of drug-likeness (QED) is 0.631. The van der Waals surface area contributed by atoms with E-state index in [4.69, 9.17) is 25.8 Å². The molecule has 0 atom stereocenters. The molecule has 0 spiro atoms. The summed E-state index contributed by atoms with van der Waals surface area (Å²) in [4.78, 5) is 12.3. The van der Waals surface area contributed by atoms with Gasteiger partial charge in [-0.25, -0.2) is 0 Å². The highest BCUT2D eigenvalue weighted by molar-refractivity contribution is 6.32. The Morgan fingerprint density at radius 3 is 2.63 bits per heavy atom. The van der Waals surface area contributed by atoms with E-state index in [1.54, 1.807) is 37.5 Å². The molecule has 0 aromatic heterocycles. The van der Waals surface area contributed by atoms with E-state index in [0.29, 0.717) is 34.6 Å². The first-order valence-corrected chi connectivity index (χ1v) is 9.07. The molecular formula is C21H24ClNO4. The standard InChI is InChI=1S/C21H24ClNO4/c1-5-26-18-9-7-6-8-17(18)23-20(24)11-10-15-12-16(22)21(27-14(2)3)19(13-15)25-4/h6-14H,5H2,1-4H3,(H,23,24)/b11-10+. The zero-order valence-corrected chi connectivity index (χ0v) is 16.7. The van der Waals surface area contributed by atoms with Crippen molar-refractivity contribution in [2.75, 3.05) is 19.0 Å². The van der Waals surface area contributed by atoms with Crippen LogP contribution in [0.15, 0.2) is 42.5 Å². The van der Waals surface area contributed by atoms with Gasteiger partial charge in [0.05, 0.1) is 30.5 Å². The third kappa shape index (κ3) is 5.93. The van der Waals surface area contributed by atoms with Crippen molar-refractivity contribution in [3.05, 3.63) is 53.1 Å². The smallest absolute Gasteiger partial charge is 0.248 e. The minimum Gasteiger partial charge on any atom is -0.493 e. The molecule has 0 unspecified atom stereocenters. The number of para-hydroxylation sites is 2. The summed E-state index contributed by atoms with van der Waals surface area (Å²) < 4.78 is 16.5. The summed E-state index contributed by atoms with van der Waals surface area (Å²) in [5, 5.41) is 3.23. The van der Waals surface area contributed by atoms with Gasteiger partial charge in [0.2, 0.25) is 5.91 Å². The van der Waals surface area contributed by atoms with Crippen LogP contribution < -0.4 is 19.5 Å². The van der Waals surface area contributed by atoms with E-state index in [-0.39, 0.29) is 12.0 Å². The van der Waals surface area contributed by atoms with Crippen molar-refractivity contribution in [2.24, 2.45) is 0 Å². The van der Waals surface area contributed by atoms with E-state index >= 15 is 0 Å². The van der Waals surface area contributed by atoms with Crippen molar-refractivity contribution < 1.29 is 19.0 Å². The minimum atomic E-state index is -0.278. The van der Waals surface area contributed by atoms with Crippen LogP contribution >= 0.6 is 11.6 Å². The van der Waals surface area contributed by atoms with Gasteiger partial charge in [-0.1, -0.05) is 23.7 Å². The van der Waals surface area contributed by atoms with Gasteiger partial charge in [-0.15, -0.1) is 0 Å². The lowest BCUT2D eigenvalue weighted by atomic mass is 10.1. The second-order valence-electron chi connectivity index (χ2n) is 5.95. The average molecular weight is 390 g/mol. The van der Waals surface area contributed by atoms with E-state index in [2.05, 4.69) is 5.32 Å². The molecule has 2 aromatic carbocycles. The molecule has 0 saturated carbocycles. The Morgan fingerprint density at radius 2 is 1.96 bits per heavy atom. The Morgan fingerprint density at radius 1 is 1.22 bits per heavy atom. The number of ether oxygens (including phenoxy) is 3. The number of carbonyl (C=O) groups is 1. The number of carbonyl (C=O) groups excluding carboxylic acids is 1. The van der Waals surface area contributed by atoms with Gasteiger partial charge < -0.3 is 19.5 Å². The van der Waals surface area contributed by atoms with Crippen molar-refractivity contribution in [3.63, 3.8) is 0 Å². The predicted molar refractivity (Wildman–Crippen MR) is 109 cm³/mol. The number of hydrogen-bond donors (Lipinski definition) is 1. The molecule has 1 amide bonds. The van der Waals surface area contributed by atoms with E-state index in [9.17, 15) is 4.79 Å². The normalized spacial score (nSPS) is 10.9. The Balaban J connectivity index is 2.15. The fourth-order valence-corrected chi connectivity index (χ4v) is 2.65. The maximum Gasteiger partial charge on any atom is 0.248 e. The van der Waals surface area contributed by atoms with Crippen molar-refractivity contribution >= 4 is 29.3 Å². The molecule has 2 rings (SSSR count). The fraction of sp³-hybridized carbons (Fsp3) is 0.286. The third-order valence-electron chi connectivity index (χ3n) is 3.48. The maximum absolute atomic E-state index is 12.3. The first kappa shape index (κ1) is 20.6. The number of hydrogen-bond acceptors (Lipinski definition) is 4. The Hall–Kier alpha value is -2.66. The van der Waals surface area contributed by atoms with Crippen molar-refractivity contribution in [1.82, 2.24) is 0 Å². The lowest BCUT2D eigenvalue weighted by Gasteiger charge is -2.15. The molecule has 0 aliphatic heterocycles. The zero-order valence-electron chi connectivity index (χ0n) is 15.9. The summed E-state index contributed by atoms with van der Waals surface area (Å²) in [6, 6.07) is 10.8. The molecule has 0 bridgehead atoms. The molecule has 5 nitrogen and oxygen atoms in total. The average Bonchev–Trinajstić information content (AvgIpc) is 2.63. The Labute approximate surface area is 164 Å². The summed E-state index contributed by atoms with van der Waals surface area (Å²) in [7, 11) is 1.55. The zero-order chi connectivity index (χ0) is 19.8. The molecular weight excluding hydrogens is 366 g/mol. The van der Waals surface area contributed by atoms with Crippen LogP contribution in [0.4, 0.5) is 5.69 Å². The number of anilines is 1. The van der Waals surface area contributed by atoms with Crippen molar-refractivity contribution in [2.45, 2.75) is 26.9 Å². The van der Waals surface area contributed by atoms with Crippen LogP contribution in [0.1, 0.15) is 26.3 Å². The van der Waals surface area contributed by atoms with Gasteiger partial charge in [0.1, 0.15) is 5.75 Å². The van der Waals surface area contributed by atoms with Gasteiger partial charge in [0.25, 0.3) is 0 Å². The molecule has 27 heavy (non-hydrogen) atoms. The summed E-state index contributed by atoms with van der Waals surface area (Å²) in [6.45, 7) is 6.23. The van der Waals surface area contributed by atoms with Gasteiger partial charge in [-0.3, -0.25) is 4.79 Å². The monoisotopic (exact) mass is 389 g/mol. The first-order valence-electron chi connectivity index (χ1n) is 8.69. The maximum atomic E-state index is 12.3. The molecule has 0 radical (unpaired) electrons. The lowest BCUT2D eigenvalue weighted by molar-refractivity contribution is -0.111. The lowest BCUT2D eigenvalue weighted by Crippen LogP contribution is -2.09. The highest BCUT2D eigenvalue weighted by Crippen LogP contribution is 2.37. The summed E-state index contributed by atoms with van der Waals surface area (Å²) in [5.41, 5.74) is 1.34. The summed E-state index contributed by atoms with van der Waals surface area (Å²) in [5.74, 6) is 1.35. The Kier molecular flexibility index (Phi) is 7.55. The van der Waals surface area contributed by atoms with Crippen LogP contribution in [-0.4, -0.2) is 25.7 Å². The van der Waals surface area contributed by atoms with Crippen LogP contribution in [0.2, 0.25) is 5.02 Å². The van der Waals surface area contributed by atoms with Crippen LogP contribution in [0.3, 0.4) is 0 Å². The largest absolute Gasteiger partial charge is 0.493 e. The van der Waals surface area contributed by atoms with Crippen LogP contribution in [0.5, 0.6) is 17.2 Å². The van der Waals surface area contributed by atoms with Gasteiger partial charge in [-0.2, -0.15) is 0 Å². The second kappa shape index (κ2) is 9.88. The number of nitrogens with one attached hydrogen (secondary N) is 1. The number of benzene rings is 2. The van der Waals surface area contributed by atoms with E-state index in [0.717, 1.165) is 5.56 Å². The predicted octanol–water partition coefficient (Wildman–Crippen LogP) is 5.19. The number of rotatable bonds is 8. The fourth-order valence-electron chi connectivity index (χ4n) is 2.38. The molecule has 6 heteroatoms. The highest BCUT2D eigenvalue weighted by Gasteiger charge is 2.13. The summed E-state index contributed by atoms with van der Waals surface area (Å²) >= 11 is 6.30. The molecule has 0 aliphatic rings. The van der Waals surface area contributed by atoms with Crippen molar-refractivity contribution in [3.8, 4) is 17.2 Å². The summed E-state index contributed by atoms with van der Waals surface area (Å²) in [6.07, 6.45) is 3.05. The van der Waals surface area contributed by atoms with E-state index in [1.807, 2.05) is 32.9 Å². The number of halogens is 1. The molecule has 1 N–H and O–H groups in total. The molecule has 144 valence electrons. The van der Waals surface area contributed by atoms with Gasteiger partial charge in [0, 0.05) is 6.08 Å². The topological polar surface area (TPSA) is 56.8 Å². The third-order valence-corrected chi connectivity index (χ3v) is 3.76. The Bertz CT molecular complexity index is 818. The number of methoxy groups -OCH3 is 1. The van der Waals surface area contributed by atoms with Crippen molar-refractivity contribution in [1.29, 1.82) is 0 Å². The molecule has 0 saturated heterocycles. The van der Waals surface area contributed by atoms with Crippen LogP contribution in [0, 0.1) is 0 Å². The molecule has 2 aromatic rings. The van der Waals surface area contributed by atoms with Gasteiger partial charge in [0.15, 0.2) is 11.5 Å². The van der Waals surface area contributed by atoms with Gasteiger partial charge in [-0.05, 0) is 56.7 Å². The molecule has 0 aliphatic carbocycles. The second-order valence-corrected chi connectivity index (χ2v) is 6.36. The molecule has 0 fully saturated rings. The van der Waals surface area contributed by atoms with E-state index in [1.165, 1.54) is 6.08 Å². The van der Waals surface area contributed by atoms with E-state index < -0.39 is 0 Å². The van der Waals surface area contributed by atoms with Gasteiger partial charge >= 0.3 is 0 Å². The van der Waals surface area contributed by atoms with Crippen LogP contribution in [0.25, 0.3) is 6.08 Å². The molecule has 0 heterocycles. The first-order chi connectivity index (χ1) is 12.9. The minimum absolute atomic E-state index is 0.0334.